The van der Waals surface area contributed by atoms with Gasteiger partial charge in [0, 0.05) is 19.8 Å². The molecule has 3 rings (SSSR count). The van der Waals surface area contributed by atoms with E-state index in [-0.39, 0.29) is 26.7 Å². The number of nitrogens with one attached hydrogen (secondary N) is 2. The van der Waals surface area contributed by atoms with E-state index in [4.69, 9.17) is 11.6 Å². The summed E-state index contributed by atoms with van der Waals surface area (Å²) in [5, 5.41) is 5.55. The first-order valence-electron chi connectivity index (χ1n) is 9.60. The lowest BCUT2D eigenvalue weighted by atomic mass is 10.1. The minimum Gasteiger partial charge on any atom is -0.322 e. The minimum absolute atomic E-state index is 0.0245. The number of benzene rings is 3. The third-order valence-corrected chi connectivity index (χ3v) is 6.80. The minimum atomic E-state index is -3.75. The van der Waals surface area contributed by atoms with Gasteiger partial charge >= 0.3 is 0 Å². The molecule has 3 aromatic rings. The van der Waals surface area contributed by atoms with Crippen LogP contribution in [-0.4, -0.2) is 38.6 Å². The van der Waals surface area contributed by atoms with Crippen molar-refractivity contribution in [3.63, 3.8) is 0 Å². The van der Waals surface area contributed by atoms with Gasteiger partial charge in [0.25, 0.3) is 11.8 Å². The zero-order valence-corrected chi connectivity index (χ0v) is 19.3. The second kappa shape index (κ2) is 9.52. The third kappa shape index (κ3) is 5.16. The number of carbonyl (C=O) groups is 2. The first kappa shape index (κ1) is 23.5. The van der Waals surface area contributed by atoms with Crippen LogP contribution in [0, 0.1) is 6.92 Å². The predicted molar refractivity (Wildman–Crippen MR) is 126 cm³/mol. The highest BCUT2D eigenvalue weighted by Gasteiger charge is 2.22. The molecule has 0 saturated heterocycles. The Bertz CT molecular complexity index is 1290. The van der Waals surface area contributed by atoms with E-state index in [9.17, 15) is 18.0 Å². The van der Waals surface area contributed by atoms with Crippen LogP contribution in [0.2, 0.25) is 5.02 Å². The molecule has 2 amide bonds. The summed E-state index contributed by atoms with van der Waals surface area (Å²) in [4.78, 5) is 25.7. The molecule has 7 nitrogen and oxygen atoms in total. The van der Waals surface area contributed by atoms with E-state index >= 15 is 0 Å². The lowest BCUT2D eigenvalue weighted by Gasteiger charge is -2.14. The topological polar surface area (TPSA) is 95.6 Å². The quantitative estimate of drug-likeness (QED) is 0.556. The SMILES string of the molecule is Cc1cccc(NC(=O)c2ccccc2NC(=O)c2cc(S(=O)(=O)N(C)C)ccc2Cl)c1. The average molecular weight is 472 g/mol. The van der Waals surface area contributed by atoms with Crippen molar-refractivity contribution < 1.29 is 18.0 Å². The Morgan fingerprint density at radius 2 is 1.53 bits per heavy atom. The molecule has 0 aromatic heterocycles. The number of aryl methyl sites for hydroxylation is 1. The Kier molecular flexibility index (Phi) is 6.98. The smallest absolute Gasteiger partial charge is 0.257 e. The molecule has 32 heavy (non-hydrogen) atoms. The molecule has 0 aliphatic heterocycles. The zero-order chi connectivity index (χ0) is 23.5. The normalized spacial score (nSPS) is 11.3. The summed E-state index contributed by atoms with van der Waals surface area (Å²) >= 11 is 6.16. The highest BCUT2D eigenvalue weighted by Crippen LogP contribution is 2.24. The Hall–Kier alpha value is -3.20. The van der Waals surface area contributed by atoms with Gasteiger partial charge in [0.05, 0.1) is 26.7 Å². The lowest BCUT2D eigenvalue weighted by Crippen LogP contribution is -2.23. The Labute approximate surface area is 192 Å². The lowest BCUT2D eigenvalue weighted by molar-refractivity contribution is 0.102. The van der Waals surface area contributed by atoms with Crippen molar-refractivity contribution in [2.75, 3.05) is 24.7 Å². The summed E-state index contributed by atoms with van der Waals surface area (Å²) in [6, 6.07) is 17.7. The van der Waals surface area contributed by atoms with Crippen LogP contribution in [-0.2, 0) is 10.0 Å². The number of carbonyl (C=O) groups excluding carboxylic acids is 2. The summed E-state index contributed by atoms with van der Waals surface area (Å²) in [6.07, 6.45) is 0. The van der Waals surface area contributed by atoms with Crippen molar-refractivity contribution in [1.29, 1.82) is 0 Å². The van der Waals surface area contributed by atoms with Gasteiger partial charge in [-0.15, -0.1) is 0 Å². The van der Waals surface area contributed by atoms with Crippen LogP contribution in [0.5, 0.6) is 0 Å². The van der Waals surface area contributed by atoms with Gasteiger partial charge in [-0.25, -0.2) is 12.7 Å². The van der Waals surface area contributed by atoms with E-state index in [2.05, 4.69) is 10.6 Å². The molecular formula is C23H22ClN3O4S. The van der Waals surface area contributed by atoms with Crippen LogP contribution in [0.1, 0.15) is 26.3 Å². The van der Waals surface area contributed by atoms with E-state index in [1.807, 2.05) is 25.1 Å². The fraction of sp³-hybridized carbons (Fsp3) is 0.130. The number of rotatable bonds is 6. The number of hydrogen-bond donors (Lipinski definition) is 2. The molecule has 0 fully saturated rings. The van der Waals surface area contributed by atoms with E-state index in [0.717, 1.165) is 9.87 Å². The van der Waals surface area contributed by atoms with Gasteiger partial charge in [0.1, 0.15) is 0 Å². The number of para-hydroxylation sites is 1. The van der Waals surface area contributed by atoms with E-state index in [0.29, 0.717) is 5.69 Å². The van der Waals surface area contributed by atoms with E-state index in [1.54, 1.807) is 30.3 Å². The molecule has 0 heterocycles. The molecule has 0 aliphatic carbocycles. The predicted octanol–water partition coefficient (Wildman–Crippen LogP) is 4.40. The molecule has 0 saturated carbocycles. The second-order valence-corrected chi connectivity index (χ2v) is 9.81. The standard InChI is InChI=1S/C23H22ClN3O4S/c1-15-7-6-8-16(13-15)25-22(28)18-9-4-5-10-21(18)26-23(29)19-14-17(11-12-20(19)24)32(30,31)27(2)3/h4-14H,1-3H3,(H,25,28)(H,26,29). The Morgan fingerprint density at radius 1 is 0.844 bits per heavy atom. The third-order valence-electron chi connectivity index (χ3n) is 4.66. The van der Waals surface area contributed by atoms with Crippen LogP contribution < -0.4 is 10.6 Å². The largest absolute Gasteiger partial charge is 0.322 e. The van der Waals surface area contributed by atoms with Crippen molar-refractivity contribution in [1.82, 2.24) is 4.31 Å². The van der Waals surface area contributed by atoms with E-state index in [1.165, 1.54) is 32.3 Å². The van der Waals surface area contributed by atoms with Gasteiger partial charge in [-0.05, 0) is 55.0 Å². The van der Waals surface area contributed by atoms with Gasteiger partial charge in [0.2, 0.25) is 10.0 Å². The molecule has 0 aliphatic rings. The second-order valence-electron chi connectivity index (χ2n) is 7.25. The molecule has 0 atom stereocenters. The van der Waals surface area contributed by atoms with Crippen LogP contribution in [0.3, 0.4) is 0 Å². The molecule has 0 unspecified atom stereocenters. The summed E-state index contributed by atoms with van der Waals surface area (Å²) in [7, 11) is -0.960. The van der Waals surface area contributed by atoms with Crippen LogP contribution in [0.25, 0.3) is 0 Å². The summed E-state index contributed by atoms with van der Waals surface area (Å²) < 4.78 is 25.9. The van der Waals surface area contributed by atoms with Crippen molar-refractivity contribution in [2.24, 2.45) is 0 Å². The van der Waals surface area contributed by atoms with Gasteiger partial charge in [0.15, 0.2) is 0 Å². The summed E-state index contributed by atoms with van der Waals surface area (Å²) in [6.45, 7) is 1.91. The van der Waals surface area contributed by atoms with Gasteiger partial charge in [-0.3, -0.25) is 9.59 Å². The summed E-state index contributed by atoms with van der Waals surface area (Å²) in [5.74, 6) is -1.04. The van der Waals surface area contributed by atoms with Crippen molar-refractivity contribution in [3.05, 3.63) is 88.4 Å². The van der Waals surface area contributed by atoms with Crippen LogP contribution in [0.4, 0.5) is 11.4 Å². The highest BCUT2D eigenvalue weighted by molar-refractivity contribution is 7.89. The first-order valence-corrected chi connectivity index (χ1v) is 11.4. The average Bonchev–Trinajstić information content (AvgIpc) is 2.74. The Morgan fingerprint density at radius 3 is 2.22 bits per heavy atom. The number of hydrogen-bond acceptors (Lipinski definition) is 4. The molecular weight excluding hydrogens is 450 g/mol. The number of anilines is 2. The maximum atomic E-state index is 12.9. The highest BCUT2D eigenvalue weighted by atomic mass is 35.5. The van der Waals surface area contributed by atoms with Crippen LogP contribution in [0.15, 0.2) is 71.6 Å². The molecule has 3 aromatic carbocycles. The fourth-order valence-electron chi connectivity index (χ4n) is 2.95. The van der Waals surface area contributed by atoms with Crippen molar-refractivity contribution >= 4 is 44.8 Å². The van der Waals surface area contributed by atoms with Crippen molar-refractivity contribution in [2.45, 2.75) is 11.8 Å². The molecule has 9 heteroatoms. The fourth-order valence-corrected chi connectivity index (χ4v) is 4.08. The summed E-state index contributed by atoms with van der Waals surface area (Å²) in [5.41, 5.74) is 2.10. The number of halogens is 1. The number of amides is 2. The number of nitrogens with zero attached hydrogens (tertiary/aromatic N) is 1. The van der Waals surface area contributed by atoms with Gasteiger partial charge in [-0.1, -0.05) is 35.9 Å². The molecule has 0 bridgehead atoms. The Balaban J connectivity index is 1.89. The molecule has 0 spiro atoms. The monoisotopic (exact) mass is 471 g/mol. The zero-order valence-electron chi connectivity index (χ0n) is 17.7. The molecule has 0 radical (unpaired) electrons. The van der Waals surface area contributed by atoms with Gasteiger partial charge < -0.3 is 10.6 Å². The molecule has 166 valence electrons. The number of sulfonamides is 1. The molecule has 2 N–H and O–H groups in total. The van der Waals surface area contributed by atoms with Gasteiger partial charge in [-0.2, -0.15) is 0 Å². The maximum Gasteiger partial charge on any atom is 0.257 e. The maximum absolute atomic E-state index is 12.9. The van der Waals surface area contributed by atoms with Crippen molar-refractivity contribution in [3.8, 4) is 0 Å². The van der Waals surface area contributed by atoms with Crippen LogP contribution >= 0.6 is 11.6 Å². The van der Waals surface area contributed by atoms with E-state index < -0.39 is 21.8 Å². The first-order chi connectivity index (χ1) is 15.1.